The maximum atomic E-state index is 13.1. The number of esters is 1. The van der Waals surface area contributed by atoms with Gasteiger partial charge in [-0.1, -0.05) is 70.2 Å². The molecule has 0 unspecified atom stereocenters. The Kier molecular flexibility index (Phi) is 16.5. The number of anilines is 1. The highest BCUT2D eigenvalue weighted by Crippen LogP contribution is 2.36. The Morgan fingerprint density at radius 1 is 0.896 bits per heavy atom. The van der Waals surface area contributed by atoms with E-state index in [1.54, 1.807) is 25.7 Å². The maximum Gasteiger partial charge on any atom is 0.414 e. The number of ether oxygens (including phenoxy) is 4. The number of nitrogens with one attached hydrogen (secondary N) is 1. The molecule has 3 aromatic rings. The predicted octanol–water partition coefficient (Wildman–Crippen LogP) is 9.20. The van der Waals surface area contributed by atoms with Crippen LogP contribution >= 0.6 is 0 Å². The number of carbonyl (C=O) groups excluding carboxylic acids is 3. The summed E-state index contributed by atoms with van der Waals surface area (Å²) in [5.74, 6) is 0.409. The van der Waals surface area contributed by atoms with Crippen LogP contribution in [-0.4, -0.2) is 50.1 Å². The lowest BCUT2D eigenvalue weighted by Gasteiger charge is -2.30. The van der Waals surface area contributed by atoms with Gasteiger partial charge < -0.3 is 24.3 Å². The molecule has 2 amide bonds. The second-order valence-electron chi connectivity index (χ2n) is 11.8. The highest BCUT2D eigenvalue weighted by molar-refractivity contribution is 5.91. The van der Waals surface area contributed by atoms with Gasteiger partial charge in [-0.15, -0.1) is 0 Å². The monoisotopic (exact) mass is 664 g/mol. The molecule has 0 aliphatic carbocycles. The van der Waals surface area contributed by atoms with Gasteiger partial charge in [-0.3, -0.25) is 9.69 Å². The molecule has 9 heteroatoms. The first kappa shape index (κ1) is 39.6. The summed E-state index contributed by atoms with van der Waals surface area (Å²) < 4.78 is 22.0. The van der Waals surface area contributed by atoms with Gasteiger partial charge >= 0.3 is 18.2 Å². The van der Waals surface area contributed by atoms with E-state index in [0.717, 1.165) is 57.7 Å². The average molecular weight is 665 g/mol. The first-order valence-corrected chi connectivity index (χ1v) is 17.0. The molecule has 3 aromatic carbocycles. The predicted molar refractivity (Wildman–Crippen MR) is 194 cm³/mol. The van der Waals surface area contributed by atoms with Gasteiger partial charge in [0.1, 0.15) is 31.2 Å². The Bertz CT molecular complexity index is 1490. The van der Waals surface area contributed by atoms with Crippen LogP contribution in [0.25, 0.3) is 11.1 Å². The number of nitrogens with zero attached hydrogens (tertiary/aromatic N) is 1. The Morgan fingerprint density at radius 2 is 1.60 bits per heavy atom. The topological polar surface area (TPSA) is 103 Å². The minimum Gasteiger partial charge on any atom is -0.490 e. The van der Waals surface area contributed by atoms with E-state index in [-0.39, 0.29) is 40.2 Å². The van der Waals surface area contributed by atoms with Crippen LogP contribution in [0.5, 0.6) is 5.75 Å². The highest BCUT2D eigenvalue weighted by atomic mass is 16.6. The van der Waals surface area contributed by atoms with Crippen LogP contribution in [0.15, 0.2) is 60.7 Å². The SMILES string of the molecule is CC.CC.Cc1cccc(OCCOC(=O)N2CCCc3c(-c4cccc(COC(=O)NCCC(=O)OC(C)(C)C)c4)cccc32)c1C.[HH]. The van der Waals surface area contributed by atoms with Crippen molar-refractivity contribution in [2.24, 2.45) is 0 Å². The standard InChI is InChI=1S/C35H42N2O7.2C2H6.H2/c1-24-10-6-16-31(25(24)2)41-20-21-42-34(40)37-19-9-14-29-28(13-8-15-30(29)37)27-12-7-11-26(22-27)23-43-33(39)36-18-17-32(38)44-35(3,4)5;2*1-2;/h6-8,10-13,15-16,22H,9,14,17-21,23H2,1-5H3,(H,36,39);2*1-2H3;1H. The highest BCUT2D eigenvalue weighted by Gasteiger charge is 2.26. The third-order valence-corrected chi connectivity index (χ3v) is 7.22. The first-order chi connectivity index (χ1) is 23.0. The lowest BCUT2D eigenvalue weighted by molar-refractivity contribution is -0.154. The summed E-state index contributed by atoms with van der Waals surface area (Å²) in [6, 6.07) is 19.6. The Labute approximate surface area is 288 Å². The van der Waals surface area contributed by atoms with E-state index in [4.69, 9.17) is 18.9 Å². The minimum absolute atomic E-state index is 0. The van der Waals surface area contributed by atoms with Gasteiger partial charge in [0.25, 0.3) is 0 Å². The number of amides is 2. The molecule has 1 aliphatic rings. The molecule has 0 saturated carbocycles. The molecule has 48 heavy (non-hydrogen) atoms. The molecule has 0 fully saturated rings. The second-order valence-corrected chi connectivity index (χ2v) is 11.8. The van der Waals surface area contributed by atoms with Crippen LogP contribution in [0.1, 0.15) is 85.0 Å². The van der Waals surface area contributed by atoms with Crippen molar-refractivity contribution in [3.8, 4) is 16.9 Å². The van der Waals surface area contributed by atoms with Gasteiger partial charge in [0, 0.05) is 14.5 Å². The Morgan fingerprint density at radius 3 is 2.33 bits per heavy atom. The number of fused-ring (bicyclic) bond motifs is 1. The quantitative estimate of drug-likeness (QED) is 0.131. The van der Waals surface area contributed by atoms with Crippen molar-refractivity contribution in [2.45, 2.75) is 93.8 Å². The number of alkyl carbamates (subject to hydrolysis) is 1. The molecule has 1 heterocycles. The third kappa shape index (κ3) is 12.2. The van der Waals surface area contributed by atoms with Gasteiger partial charge in [0.2, 0.25) is 0 Å². The number of carbonyl (C=O) groups is 3. The number of hydrogen-bond acceptors (Lipinski definition) is 7. The van der Waals surface area contributed by atoms with Crippen molar-refractivity contribution in [1.29, 1.82) is 0 Å². The number of aryl methyl sites for hydroxylation is 1. The summed E-state index contributed by atoms with van der Waals surface area (Å²) in [6.45, 7) is 18.6. The van der Waals surface area contributed by atoms with E-state index in [0.29, 0.717) is 6.54 Å². The van der Waals surface area contributed by atoms with E-state index in [9.17, 15) is 14.4 Å². The van der Waals surface area contributed by atoms with Crippen molar-refractivity contribution in [3.63, 3.8) is 0 Å². The molecular weight excluding hydrogens is 608 g/mol. The molecule has 0 spiro atoms. The third-order valence-electron chi connectivity index (χ3n) is 7.22. The fourth-order valence-corrected chi connectivity index (χ4v) is 5.01. The van der Waals surface area contributed by atoms with Crippen LogP contribution in [0, 0.1) is 13.8 Å². The fourth-order valence-electron chi connectivity index (χ4n) is 5.01. The zero-order valence-corrected chi connectivity index (χ0v) is 30.2. The van der Waals surface area contributed by atoms with Crippen LogP contribution in [-0.2, 0) is 32.0 Å². The molecule has 264 valence electrons. The van der Waals surface area contributed by atoms with Gasteiger partial charge in [-0.05, 0) is 99.0 Å². The van der Waals surface area contributed by atoms with E-state index >= 15 is 0 Å². The van der Waals surface area contributed by atoms with Crippen LogP contribution in [0.4, 0.5) is 15.3 Å². The lowest BCUT2D eigenvalue weighted by Crippen LogP contribution is -2.36. The number of benzene rings is 3. The van der Waals surface area contributed by atoms with Gasteiger partial charge in [0.05, 0.1) is 12.1 Å². The average Bonchev–Trinajstić information content (AvgIpc) is 3.08. The van der Waals surface area contributed by atoms with Gasteiger partial charge in [-0.2, -0.15) is 0 Å². The molecule has 9 nitrogen and oxygen atoms in total. The van der Waals surface area contributed by atoms with Crippen LogP contribution in [0.3, 0.4) is 0 Å². The molecular formula is C39H56N2O7. The normalized spacial score (nSPS) is 11.8. The summed E-state index contributed by atoms with van der Waals surface area (Å²) in [5, 5.41) is 2.58. The summed E-state index contributed by atoms with van der Waals surface area (Å²) in [5.41, 5.74) is 6.35. The fraction of sp³-hybridized carbons (Fsp3) is 0.462. The maximum absolute atomic E-state index is 13.1. The van der Waals surface area contributed by atoms with Gasteiger partial charge in [-0.25, -0.2) is 9.59 Å². The molecule has 0 bridgehead atoms. The van der Waals surface area contributed by atoms with Crippen molar-refractivity contribution in [2.75, 3.05) is 31.2 Å². The van der Waals surface area contributed by atoms with Crippen molar-refractivity contribution in [3.05, 3.63) is 82.9 Å². The molecule has 0 saturated heterocycles. The summed E-state index contributed by atoms with van der Waals surface area (Å²) in [7, 11) is 0. The summed E-state index contributed by atoms with van der Waals surface area (Å²) in [6.07, 6.45) is 0.694. The molecule has 0 aromatic heterocycles. The molecule has 1 aliphatic heterocycles. The molecule has 1 N–H and O–H groups in total. The molecule has 4 rings (SSSR count). The number of rotatable bonds is 10. The Hall–Kier alpha value is -4.53. The van der Waals surface area contributed by atoms with Crippen molar-refractivity contribution >= 4 is 23.8 Å². The minimum atomic E-state index is -0.607. The van der Waals surface area contributed by atoms with Gasteiger partial charge in [0.15, 0.2) is 0 Å². The summed E-state index contributed by atoms with van der Waals surface area (Å²) >= 11 is 0. The van der Waals surface area contributed by atoms with Crippen LogP contribution in [0.2, 0.25) is 0 Å². The van der Waals surface area contributed by atoms with E-state index in [1.807, 2.05) is 102 Å². The van der Waals surface area contributed by atoms with Crippen molar-refractivity contribution < 1.29 is 34.8 Å². The largest absolute Gasteiger partial charge is 0.490 e. The number of hydrogen-bond donors (Lipinski definition) is 1. The first-order valence-electron chi connectivity index (χ1n) is 17.0. The van der Waals surface area contributed by atoms with E-state index in [1.165, 1.54) is 0 Å². The molecule has 0 radical (unpaired) electrons. The zero-order valence-electron chi connectivity index (χ0n) is 30.2. The molecule has 0 atom stereocenters. The lowest BCUT2D eigenvalue weighted by atomic mass is 9.91. The summed E-state index contributed by atoms with van der Waals surface area (Å²) in [4.78, 5) is 38.8. The smallest absolute Gasteiger partial charge is 0.414 e. The van der Waals surface area contributed by atoms with Crippen molar-refractivity contribution in [1.82, 2.24) is 5.32 Å². The van der Waals surface area contributed by atoms with Crippen LogP contribution < -0.4 is 15.0 Å². The zero-order chi connectivity index (χ0) is 35.7. The second kappa shape index (κ2) is 20.0. The van der Waals surface area contributed by atoms with E-state index in [2.05, 4.69) is 5.32 Å². The van der Waals surface area contributed by atoms with E-state index < -0.39 is 17.8 Å². The Balaban J connectivity index is 0.00000231.